The van der Waals surface area contributed by atoms with E-state index >= 15 is 0 Å². The maximum Gasteiger partial charge on any atom is 0.135 e. The van der Waals surface area contributed by atoms with Crippen molar-refractivity contribution in [1.82, 2.24) is 9.97 Å². The van der Waals surface area contributed by atoms with Crippen LogP contribution in [0.1, 0.15) is 45.4 Å². The Hall–Kier alpha value is -0.830. The second-order valence-electron chi connectivity index (χ2n) is 5.25. The van der Waals surface area contributed by atoms with Crippen LogP contribution in [0.15, 0.2) is 6.07 Å². The van der Waals surface area contributed by atoms with E-state index in [1.54, 1.807) is 6.07 Å². The van der Waals surface area contributed by atoms with E-state index < -0.39 is 0 Å². The van der Waals surface area contributed by atoms with Crippen LogP contribution in [0.25, 0.3) is 0 Å². The highest BCUT2D eigenvalue weighted by Gasteiger charge is 2.36. The van der Waals surface area contributed by atoms with Crippen molar-refractivity contribution in [2.75, 3.05) is 11.9 Å². The predicted molar refractivity (Wildman–Crippen MR) is 67.0 cm³/mol. The second-order valence-corrected chi connectivity index (χ2v) is 5.64. The summed E-state index contributed by atoms with van der Waals surface area (Å²) in [6.45, 7) is 7.39. The number of rotatable bonds is 4. The Morgan fingerprint density at radius 1 is 1.44 bits per heavy atom. The van der Waals surface area contributed by atoms with Crippen LogP contribution in [0, 0.1) is 5.41 Å². The molecule has 0 aromatic carbocycles. The van der Waals surface area contributed by atoms with Crippen molar-refractivity contribution in [3.63, 3.8) is 0 Å². The molecule has 1 heterocycles. The van der Waals surface area contributed by atoms with E-state index in [-0.39, 0.29) is 0 Å². The third-order valence-electron chi connectivity index (χ3n) is 3.03. The maximum atomic E-state index is 5.97. The van der Waals surface area contributed by atoms with E-state index in [0.717, 1.165) is 18.2 Å². The number of aromatic nitrogens is 2. The fraction of sp³-hybridized carbons (Fsp3) is 0.667. The monoisotopic (exact) mass is 239 g/mol. The van der Waals surface area contributed by atoms with Gasteiger partial charge in [0.1, 0.15) is 16.8 Å². The van der Waals surface area contributed by atoms with E-state index in [1.165, 1.54) is 12.8 Å². The Labute approximate surface area is 102 Å². The molecule has 1 fully saturated rings. The normalized spacial score (nSPS) is 17.6. The molecule has 1 aliphatic carbocycles. The van der Waals surface area contributed by atoms with Crippen LogP contribution in [0.2, 0.25) is 5.15 Å². The lowest BCUT2D eigenvalue weighted by Crippen LogP contribution is -2.13. The van der Waals surface area contributed by atoms with Gasteiger partial charge in [0.05, 0.1) is 0 Å². The second kappa shape index (κ2) is 4.21. The molecule has 1 N–H and O–H groups in total. The molecule has 3 nitrogen and oxygen atoms in total. The summed E-state index contributed by atoms with van der Waals surface area (Å²) in [7, 11) is 0. The smallest absolute Gasteiger partial charge is 0.135 e. The Balaban J connectivity index is 2.07. The van der Waals surface area contributed by atoms with Crippen molar-refractivity contribution < 1.29 is 0 Å². The SMILES string of the molecule is CC(C)c1nc(Cl)cc(NCC2(C)CC2)n1. The van der Waals surface area contributed by atoms with Crippen molar-refractivity contribution in [1.29, 1.82) is 0 Å². The minimum atomic E-state index is 0.302. The Kier molecular flexibility index (Phi) is 3.06. The summed E-state index contributed by atoms with van der Waals surface area (Å²) in [5.41, 5.74) is 0.468. The standard InChI is InChI=1S/C12H18ClN3/c1-8(2)11-15-9(13)6-10(16-11)14-7-12(3)4-5-12/h6,8H,4-5,7H2,1-3H3,(H,14,15,16). The molecule has 0 radical (unpaired) electrons. The van der Waals surface area contributed by atoms with Gasteiger partial charge in [-0.2, -0.15) is 0 Å². The van der Waals surface area contributed by atoms with Gasteiger partial charge in [0, 0.05) is 18.5 Å². The molecule has 0 bridgehead atoms. The molecule has 0 unspecified atom stereocenters. The van der Waals surface area contributed by atoms with Gasteiger partial charge < -0.3 is 5.32 Å². The molecule has 0 spiro atoms. The molecule has 1 aliphatic rings. The Bertz CT molecular complexity index is 386. The van der Waals surface area contributed by atoms with Crippen LogP contribution < -0.4 is 5.32 Å². The van der Waals surface area contributed by atoms with E-state index in [0.29, 0.717) is 16.5 Å². The van der Waals surface area contributed by atoms with Crippen molar-refractivity contribution in [2.45, 2.75) is 39.5 Å². The highest BCUT2D eigenvalue weighted by molar-refractivity contribution is 6.29. The first-order valence-corrected chi connectivity index (χ1v) is 6.15. The summed E-state index contributed by atoms with van der Waals surface area (Å²) >= 11 is 5.97. The molecule has 1 aromatic heterocycles. The van der Waals surface area contributed by atoms with Crippen LogP contribution in [0.3, 0.4) is 0 Å². The van der Waals surface area contributed by atoms with Gasteiger partial charge in [-0.25, -0.2) is 9.97 Å². The first-order chi connectivity index (χ1) is 7.48. The molecule has 0 aliphatic heterocycles. The minimum Gasteiger partial charge on any atom is -0.369 e. The fourth-order valence-corrected chi connectivity index (χ4v) is 1.67. The first kappa shape index (κ1) is 11.6. The lowest BCUT2D eigenvalue weighted by molar-refractivity contribution is 0.608. The number of hydrogen-bond acceptors (Lipinski definition) is 3. The van der Waals surface area contributed by atoms with Gasteiger partial charge in [-0.05, 0) is 18.3 Å². The minimum absolute atomic E-state index is 0.302. The van der Waals surface area contributed by atoms with Crippen LogP contribution in [0.5, 0.6) is 0 Å². The number of anilines is 1. The van der Waals surface area contributed by atoms with Crippen molar-refractivity contribution in [3.8, 4) is 0 Å². The lowest BCUT2D eigenvalue weighted by Gasteiger charge is -2.12. The van der Waals surface area contributed by atoms with Crippen LogP contribution in [-0.4, -0.2) is 16.5 Å². The summed E-state index contributed by atoms with van der Waals surface area (Å²) in [5, 5.41) is 3.86. The van der Waals surface area contributed by atoms with Crippen molar-refractivity contribution in [3.05, 3.63) is 17.0 Å². The summed E-state index contributed by atoms with van der Waals surface area (Å²) in [6.07, 6.45) is 2.60. The van der Waals surface area contributed by atoms with Gasteiger partial charge >= 0.3 is 0 Å². The maximum absolute atomic E-state index is 5.97. The Morgan fingerprint density at radius 2 is 2.12 bits per heavy atom. The number of hydrogen-bond donors (Lipinski definition) is 1. The molecule has 1 saturated carbocycles. The topological polar surface area (TPSA) is 37.8 Å². The Morgan fingerprint density at radius 3 is 2.69 bits per heavy atom. The highest BCUT2D eigenvalue weighted by atomic mass is 35.5. The van der Waals surface area contributed by atoms with Gasteiger partial charge in [-0.15, -0.1) is 0 Å². The number of halogens is 1. The first-order valence-electron chi connectivity index (χ1n) is 5.77. The van der Waals surface area contributed by atoms with Gasteiger partial charge in [0.2, 0.25) is 0 Å². The zero-order valence-electron chi connectivity index (χ0n) is 10.0. The van der Waals surface area contributed by atoms with E-state index in [4.69, 9.17) is 11.6 Å². The summed E-state index contributed by atoms with van der Waals surface area (Å²) in [5.74, 6) is 1.95. The van der Waals surface area contributed by atoms with Gasteiger partial charge in [-0.1, -0.05) is 32.4 Å². The molecule has 2 rings (SSSR count). The van der Waals surface area contributed by atoms with Crippen LogP contribution in [0.4, 0.5) is 5.82 Å². The molecular formula is C12H18ClN3. The average molecular weight is 240 g/mol. The van der Waals surface area contributed by atoms with E-state index in [1.807, 2.05) is 0 Å². The van der Waals surface area contributed by atoms with Gasteiger partial charge in [0.15, 0.2) is 0 Å². The summed E-state index contributed by atoms with van der Waals surface area (Å²) in [4.78, 5) is 8.66. The molecule has 0 amide bonds. The van der Waals surface area contributed by atoms with Gasteiger partial charge in [-0.3, -0.25) is 0 Å². The van der Waals surface area contributed by atoms with Gasteiger partial charge in [0.25, 0.3) is 0 Å². The van der Waals surface area contributed by atoms with E-state index in [9.17, 15) is 0 Å². The fourth-order valence-electron chi connectivity index (χ4n) is 1.48. The molecular weight excluding hydrogens is 222 g/mol. The molecule has 16 heavy (non-hydrogen) atoms. The summed E-state index contributed by atoms with van der Waals surface area (Å²) in [6, 6.07) is 1.79. The average Bonchev–Trinajstić information content (AvgIpc) is 2.94. The molecule has 4 heteroatoms. The van der Waals surface area contributed by atoms with Crippen LogP contribution >= 0.6 is 11.6 Å². The molecule has 1 aromatic rings. The predicted octanol–water partition coefficient (Wildman–Crippen LogP) is 3.47. The van der Waals surface area contributed by atoms with Crippen LogP contribution in [-0.2, 0) is 0 Å². The lowest BCUT2D eigenvalue weighted by atomic mass is 10.1. The zero-order valence-corrected chi connectivity index (χ0v) is 10.8. The van der Waals surface area contributed by atoms with Crippen molar-refractivity contribution >= 4 is 17.4 Å². The third-order valence-corrected chi connectivity index (χ3v) is 3.22. The zero-order chi connectivity index (χ0) is 11.8. The summed E-state index contributed by atoms with van der Waals surface area (Å²) < 4.78 is 0. The molecule has 0 saturated heterocycles. The number of nitrogens with zero attached hydrogens (tertiary/aromatic N) is 2. The molecule has 88 valence electrons. The highest BCUT2D eigenvalue weighted by Crippen LogP contribution is 2.44. The van der Waals surface area contributed by atoms with E-state index in [2.05, 4.69) is 36.1 Å². The quantitative estimate of drug-likeness (QED) is 0.818. The third kappa shape index (κ3) is 2.85. The molecule has 0 atom stereocenters. The largest absolute Gasteiger partial charge is 0.369 e. The number of nitrogens with one attached hydrogen (secondary N) is 1. The van der Waals surface area contributed by atoms with Crippen molar-refractivity contribution in [2.24, 2.45) is 5.41 Å².